The van der Waals surface area contributed by atoms with E-state index in [2.05, 4.69) is 20.4 Å². The lowest BCUT2D eigenvalue weighted by Crippen LogP contribution is -2.36. The second-order valence-corrected chi connectivity index (χ2v) is 7.11. The topological polar surface area (TPSA) is 71.3 Å². The Morgan fingerprint density at radius 1 is 1.42 bits per heavy atom. The average molecular weight is 377 g/mol. The summed E-state index contributed by atoms with van der Waals surface area (Å²) in [5, 5.41) is 7.70. The second kappa shape index (κ2) is 9.03. The number of nitrogens with zero attached hydrogens (tertiary/aromatic N) is 3. The number of nitrogens with one attached hydrogen (secondary N) is 1. The highest BCUT2D eigenvalue weighted by atomic mass is 35.5. The number of benzene rings is 1. The summed E-state index contributed by atoms with van der Waals surface area (Å²) in [5.41, 5.74) is 0.940. The molecule has 0 spiro atoms. The van der Waals surface area contributed by atoms with Gasteiger partial charge in [0.05, 0.1) is 0 Å². The van der Waals surface area contributed by atoms with E-state index >= 15 is 0 Å². The van der Waals surface area contributed by atoms with Crippen LogP contribution in [0.15, 0.2) is 28.8 Å². The molecule has 1 atom stereocenters. The first-order chi connectivity index (χ1) is 12.7. The normalized spacial score (nSPS) is 17.3. The number of piperidine rings is 1. The molecule has 0 unspecified atom stereocenters. The fraction of sp³-hybridized carbons (Fsp3) is 0.526. The van der Waals surface area contributed by atoms with Gasteiger partial charge >= 0.3 is 0 Å². The molecule has 7 heteroatoms. The molecule has 0 saturated carbocycles. The van der Waals surface area contributed by atoms with E-state index < -0.39 is 0 Å². The summed E-state index contributed by atoms with van der Waals surface area (Å²) in [6, 6.07) is 7.57. The Balaban J connectivity index is 1.43. The number of anilines is 1. The first kappa shape index (κ1) is 18.7. The maximum Gasteiger partial charge on any atom is 0.266 e. The molecule has 0 bridgehead atoms. The summed E-state index contributed by atoms with van der Waals surface area (Å²) >= 11 is 6.12. The highest BCUT2D eigenvalue weighted by Gasteiger charge is 2.23. The van der Waals surface area contributed by atoms with Gasteiger partial charge in [-0.05, 0) is 42.0 Å². The van der Waals surface area contributed by atoms with Gasteiger partial charge in [0.15, 0.2) is 0 Å². The standard InChI is InChI=1S/C19H25ClN4O2/c1-2-18-22-19(23-26-18)24-11-5-6-14(13-24)9-10-17(25)21-12-15-7-3-4-8-16(15)20/h3-4,7-8,14H,2,5-6,9-13H2,1H3,(H,21,25)/t14-/m0/s1. The fourth-order valence-corrected chi connectivity index (χ4v) is 3.46. The molecule has 0 radical (unpaired) electrons. The van der Waals surface area contributed by atoms with Crippen LogP contribution in [0.4, 0.5) is 5.95 Å². The molecule has 2 heterocycles. The van der Waals surface area contributed by atoms with E-state index in [1.54, 1.807) is 0 Å². The molecule has 3 rings (SSSR count). The summed E-state index contributed by atoms with van der Waals surface area (Å²) in [4.78, 5) is 18.7. The van der Waals surface area contributed by atoms with Crippen molar-refractivity contribution in [3.05, 3.63) is 40.7 Å². The van der Waals surface area contributed by atoms with Crippen molar-refractivity contribution in [1.82, 2.24) is 15.5 Å². The van der Waals surface area contributed by atoms with E-state index in [1.807, 2.05) is 31.2 Å². The predicted molar refractivity (Wildman–Crippen MR) is 101 cm³/mol. The van der Waals surface area contributed by atoms with Crippen molar-refractivity contribution >= 4 is 23.5 Å². The monoisotopic (exact) mass is 376 g/mol. The van der Waals surface area contributed by atoms with Gasteiger partial charge in [0.2, 0.25) is 11.8 Å². The van der Waals surface area contributed by atoms with Crippen molar-refractivity contribution in [3.8, 4) is 0 Å². The number of hydrogen-bond donors (Lipinski definition) is 1. The molecule has 1 aromatic heterocycles. The first-order valence-electron chi connectivity index (χ1n) is 9.23. The van der Waals surface area contributed by atoms with Crippen molar-refractivity contribution in [2.75, 3.05) is 18.0 Å². The van der Waals surface area contributed by atoms with Gasteiger partial charge < -0.3 is 14.7 Å². The minimum atomic E-state index is 0.0647. The Hall–Kier alpha value is -2.08. The van der Waals surface area contributed by atoms with Crippen LogP contribution in [0.1, 0.15) is 44.1 Å². The zero-order chi connectivity index (χ0) is 18.4. The van der Waals surface area contributed by atoms with Crippen LogP contribution >= 0.6 is 11.6 Å². The van der Waals surface area contributed by atoms with Gasteiger partial charge in [-0.3, -0.25) is 4.79 Å². The van der Waals surface area contributed by atoms with Gasteiger partial charge in [0.25, 0.3) is 5.95 Å². The van der Waals surface area contributed by atoms with Crippen LogP contribution < -0.4 is 10.2 Å². The molecule has 2 aromatic rings. The van der Waals surface area contributed by atoms with Crippen molar-refractivity contribution in [2.24, 2.45) is 5.92 Å². The molecule has 140 valence electrons. The molecule has 1 saturated heterocycles. The van der Waals surface area contributed by atoms with Crippen molar-refractivity contribution < 1.29 is 9.32 Å². The molecular weight excluding hydrogens is 352 g/mol. The van der Waals surface area contributed by atoms with E-state index in [1.165, 1.54) is 0 Å². The second-order valence-electron chi connectivity index (χ2n) is 6.70. The molecular formula is C19H25ClN4O2. The molecule has 26 heavy (non-hydrogen) atoms. The zero-order valence-electron chi connectivity index (χ0n) is 15.1. The molecule has 1 aliphatic rings. The third kappa shape index (κ3) is 4.97. The zero-order valence-corrected chi connectivity index (χ0v) is 15.8. The van der Waals surface area contributed by atoms with Crippen molar-refractivity contribution in [2.45, 2.75) is 45.6 Å². The average Bonchev–Trinajstić information content (AvgIpc) is 3.15. The first-order valence-corrected chi connectivity index (χ1v) is 9.61. The highest BCUT2D eigenvalue weighted by molar-refractivity contribution is 6.31. The minimum Gasteiger partial charge on any atom is -0.352 e. The molecule has 1 aliphatic heterocycles. The van der Waals surface area contributed by atoms with E-state index in [9.17, 15) is 4.79 Å². The highest BCUT2D eigenvalue weighted by Crippen LogP contribution is 2.24. The summed E-state index contributed by atoms with van der Waals surface area (Å²) in [6.45, 7) is 4.29. The van der Waals surface area contributed by atoms with Crippen LogP contribution in [-0.2, 0) is 17.8 Å². The van der Waals surface area contributed by atoms with Gasteiger partial charge in [-0.15, -0.1) is 0 Å². The predicted octanol–water partition coefficient (Wildman–Crippen LogP) is 3.60. The molecule has 6 nitrogen and oxygen atoms in total. The van der Waals surface area contributed by atoms with Gasteiger partial charge in [-0.1, -0.05) is 36.7 Å². The third-order valence-corrected chi connectivity index (χ3v) is 5.14. The quantitative estimate of drug-likeness (QED) is 0.799. The van der Waals surface area contributed by atoms with E-state index in [4.69, 9.17) is 16.1 Å². The van der Waals surface area contributed by atoms with Crippen LogP contribution in [0, 0.1) is 5.92 Å². The summed E-state index contributed by atoms with van der Waals surface area (Å²) in [5.74, 6) is 1.88. The SMILES string of the molecule is CCc1nc(N2CCC[C@@H](CCC(=O)NCc3ccccc3Cl)C2)no1. The maximum atomic E-state index is 12.2. The van der Waals surface area contributed by atoms with Gasteiger partial charge in [0.1, 0.15) is 0 Å². The van der Waals surface area contributed by atoms with Gasteiger partial charge in [-0.2, -0.15) is 4.98 Å². The molecule has 1 N–H and O–H groups in total. The van der Waals surface area contributed by atoms with Crippen LogP contribution in [-0.4, -0.2) is 29.1 Å². The Labute approximate surface area is 158 Å². The Bertz CT molecular complexity index is 734. The number of rotatable bonds is 7. The molecule has 0 aliphatic carbocycles. The maximum absolute atomic E-state index is 12.2. The largest absolute Gasteiger partial charge is 0.352 e. The van der Waals surface area contributed by atoms with E-state index in [-0.39, 0.29) is 5.91 Å². The number of carbonyl (C=O) groups excluding carboxylic acids is 1. The van der Waals surface area contributed by atoms with Crippen LogP contribution in [0.5, 0.6) is 0 Å². The number of aryl methyl sites for hydroxylation is 1. The smallest absolute Gasteiger partial charge is 0.266 e. The number of amides is 1. The number of aromatic nitrogens is 2. The summed E-state index contributed by atoms with van der Waals surface area (Å²) in [6.07, 6.45) is 4.35. The lowest BCUT2D eigenvalue weighted by atomic mass is 9.93. The third-order valence-electron chi connectivity index (χ3n) is 4.78. The lowest BCUT2D eigenvalue weighted by Gasteiger charge is -2.31. The van der Waals surface area contributed by atoms with Gasteiger partial charge in [-0.25, -0.2) is 0 Å². The number of halogens is 1. The number of hydrogen-bond acceptors (Lipinski definition) is 5. The Morgan fingerprint density at radius 2 is 2.27 bits per heavy atom. The molecule has 1 fully saturated rings. The number of carbonyl (C=O) groups is 1. The molecule has 1 aromatic carbocycles. The van der Waals surface area contributed by atoms with Crippen LogP contribution in [0.2, 0.25) is 5.02 Å². The van der Waals surface area contributed by atoms with Crippen molar-refractivity contribution in [3.63, 3.8) is 0 Å². The summed E-state index contributed by atoms with van der Waals surface area (Å²) < 4.78 is 5.21. The Morgan fingerprint density at radius 3 is 3.04 bits per heavy atom. The van der Waals surface area contributed by atoms with Crippen molar-refractivity contribution in [1.29, 1.82) is 0 Å². The van der Waals surface area contributed by atoms with Crippen LogP contribution in [0.25, 0.3) is 0 Å². The Kier molecular flexibility index (Phi) is 6.50. The van der Waals surface area contributed by atoms with Crippen LogP contribution in [0.3, 0.4) is 0 Å². The van der Waals surface area contributed by atoms with E-state index in [0.29, 0.717) is 35.7 Å². The molecule has 1 amide bonds. The summed E-state index contributed by atoms with van der Waals surface area (Å²) in [7, 11) is 0. The fourth-order valence-electron chi connectivity index (χ4n) is 3.26. The minimum absolute atomic E-state index is 0.0647. The lowest BCUT2D eigenvalue weighted by molar-refractivity contribution is -0.121. The van der Waals surface area contributed by atoms with E-state index in [0.717, 1.165) is 44.3 Å². The van der Waals surface area contributed by atoms with Gasteiger partial charge in [0, 0.05) is 37.5 Å².